The van der Waals surface area contributed by atoms with Crippen LogP contribution in [-0.4, -0.2) is 31.1 Å². The molecule has 0 heterocycles. The van der Waals surface area contributed by atoms with Crippen LogP contribution < -0.4 is 9.44 Å². The van der Waals surface area contributed by atoms with Gasteiger partial charge in [-0.3, -0.25) is 8.42 Å². The molecule has 0 amide bonds. The minimum absolute atomic E-state index is 1.07. The Balaban J connectivity index is 0. The molecule has 70 valence electrons. The van der Waals surface area contributed by atoms with Crippen molar-refractivity contribution in [1.82, 2.24) is 9.44 Å². The van der Waals surface area contributed by atoms with E-state index < -0.39 is 22.5 Å². The first-order chi connectivity index (χ1) is 5.04. The van der Waals surface area contributed by atoms with Crippen molar-refractivity contribution in [2.45, 2.75) is 6.92 Å². The van der Waals surface area contributed by atoms with Gasteiger partial charge in [-0.1, -0.05) is 6.92 Å². The summed E-state index contributed by atoms with van der Waals surface area (Å²) in [5.74, 6) is 0. The topological polar surface area (TPSA) is 104 Å². The van der Waals surface area contributed by atoms with Crippen LogP contribution in [-0.2, 0) is 22.5 Å². The molecule has 2 unspecified atom stereocenters. The van der Waals surface area contributed by atoms with E-state index in [1.807, 2.05) is 7.05 Å². The summed E-state index contributed by atoms with van der Waals surface area (Å²) in [5, 5.41) is 2.93. The van der Waals surface area contributed by atoms with Gasteiger partial charge in [0.05, 0.1) is 0 Å². The van der Waals surface area contributed by atoms with E-state index in [-0.39, 0.29) is 0 Å². The highest BCUT2D eigenvalue weighted by Crippen LogP contribution is 1.63. The molecule has 0 rings (SSSR count). The third-order valence-corrected chi connectivity index (χ3v) is 1.58. The molecule has 0 bridgehead atoms. The van der Waals surface area contributed by atoms with Gasteiger partial charge in [0, 0.05) is 22.5 Å². The van der Waals surface area contributed by atoms with Crippen LogP contribution >= 0.6 is 0 Å². The van der Waals surface area contributed by atoms with E-state index in [9.17, 15) is 17.5 Å². The number of hydrogen-bond acceptors (Lipinski definition) is 5. The smallest absolute Gasteiger partial charge is 0.0294 e. The highest BCUT2D eigenvalue weighted by atomic mass is 32.3. The highest BCUT2D eigenvalue weighted by molar-refractivity contribution is 7.92. The van der Waals surface area contributed by atoms with E-state index >= 15 is 0 Å². The Morgan fingerprint density at radius 1 is 1.27 bits per heavy atom. The summed E-state index contributed by atoms with van der Waals surface area (Å²) in [6, 6.07) is 0. The zero-order valence-corrected chi connectivity index (χ0v) is 7.79. The lowest BCUT2D eigenvalue weighted by Gasteiger charge is -2.07. The van der Waals surface area contributed by atoms with Gasteiger partial charge in [-0.15, -0.1) is 0 Å². The van der Waals surface area contributed by atoms with Crippen molar-refractivity contribution < 1.29 is 17.5 Å². The zero-order chi connectivity index (χ0) is 9.28. The molecule has 11 heavy (non-hydrogen) atoms. The van der Waals surface area contributed by atoms with E-state index in [2.05, 4.69) is 12.2 Å². The highest BCUT2D eigenvalue weighted by Gasteiger charge is 1.73. The maximum Gasteiger partial charge on any atom is 0.0294 e. The minimum atomic E-state index is -2.71. The van der Waals surface area contributed by atoms with Crippen LogP contribution in [0.3, 0.4) is 0 Å². The lowest BCUT2D eigenvalue weighted by atomic mass is 10.8. The van der Waals surface area contributed by atoms with Crippen LogP contribution in [0.25, 0.3) is 0 Å². The summed E-state index contributed by atoms with van der Waals surface area (Å²) in [6.07, 6.45) is 0. The summed E-state index contributed by atoms with van der Waals surface area (Å²) < 4.78 is 38.4. The average molecular weight is 202 g/mol. The monoisotopic (exact) mass is 202 g/mol. The lowest BCUT2D eigenvalue weighted by molar-refractivity contribution is 0.515. The molecule has 0 fully saturated rings. The van der Waals surface area contributed by atoms with E-state index in [0.717, 1.165) is 10.7 Å². The maximum absolute atomic E-state index is 9.31. The predicted molar refractivity (Wildman–Crippen MR) is 40.6 cm³/mol. The second-order valence-corrected chi connectivity index (χ2v) is 2.87. The first-order valence-electron chi connectivity index (χ1n) is 2.64. The van der Waals surface area contributed by atoms with Crippen molar-refractivity contribution >= 4 is 22.5 Å². The van der Waals surface area contributed by atoms with Crippen LogP contribution in [0.1, 0.15) is 6.92 Å². The molecule has 0 aromatic heterocycles. The summed E-state index contributed by atoms with van der Waals surface area (Å²) >= 11 is -5.42. The molecule has 2 N–H and O–H groups in total. The van der Waals surface area contributed by atoms with Gasteiger partial charge in [-0.05, 0) is 13.6 Å². The van der Waals surface area contributed by atoms with Crippen LogP contribution in [0.2, 0.25) is 0 Å². The molecule has 0 aromatic carbocycles. The molecule has 0 saturated heterocycles. The molecule has 0 aliphatic rings. The van der Waals surface area contributed by atoms with Gasteiger partial charge in [-0.25, -0.2) is 0 Å². The summed E-state index contributed by atoms with van der Waals surface area (Å²) in [7, 11) is 1.93. The molecule has 0 saturated carbocycles. The van der Waals surface area contributed by atoms with Gasteiger partial charge in [0.2, 0.25) is 0 Å². The number of hydrogen-bond donors (Lipinski definition) is 2. The number of nitrogens with one attached hydrogen (secondary N) is 2. The molecular formula is C3H10N2O4S2-2. The second kappa shape index (κ2) is 10.1. The second-order valence-electron chi connectivity index (χ2n) is 1.26. The van der Waals surface area contributed by atoms with E-state index in [1.54, 1.807) is 0 Å². The molecule has 0 aromatic rings. The van der Waals surface area contributed by atoms with Crippen LogP contribution in [0.15, 0.2) is 0 Å². The minimum Gasteiger partial charge on any atom is -0.759 e. The Morgan fingerprint density at radius 3 is 1.55 bits per heavy atom. The van der Waals surface area contributed by atoms with Crippen molar-refractivity contribution in [2.75, 3.05) is 13.6 Å². The van der Waals surface area contributed by atoms with E-state index in [1.165, 1.54) is 0 Å². The van der Waals surface area contributed by atoms with Crippen molar-refractivity contribution in [1.29, 1.82) is 0 Å². The van der Waals surface area contributed by atoms with Gasteiger partial charge in [0.1, 0.15) is 0 Å². The average Bonchev–Trinajstić information content (AvgIpc) is 1.85. The Kier molecular flexibility index (Phi) is 12.6. The third kappa shape index (κ3) is 25.4. The Bertz CT molecular complexity index is 117. The molecule has 0 aliphatic heterocycles. The van der Waals surface area contributed by atoms with E-state index in [0.29, 0.717) is 0 Å². The summed E-state index contributed by atoms with van der Waals surface area (Å²) in [6.45, 7) is 3.14. The largest absolute Gasteiger partial charge is 0.759 e. The van der Waals surface area contributed by atoms with Gasteiger partial charge in [-0.2, -0.15) is 4.13 Å². The molecule has 0 aliphatic carbocycles. The van der Waals surface area contributed by atoms with Crippen molar-refractivity contribution in [3.8, 4) is 0 Å². The van der Waals surface area contributed by atoms with Crippen molar-refractivity contribution in [2.24, 2.45) is 0 Å². The number of rotatable bonds is 3. The predicted octanol–water partition coefficient (Wildman–Crippen LogP) is -1.61. The standard InChI is InChI=1S/C3H9N.H3NO4S2/c1-3-4-2;2-6(3)1-7(4)5/h4H,3H2,1-2H3;1H,(H,2,3)(H,4,5)/p-2. The Hall–Kier alpha value is 0.140. The zero-order valence-electron chi connectivity index (χ0n) is 6.16. The lowest BCUT2D eigenvalue weighted by Crippen LogP contribution is -2.18. The third-order valence-electron chi connectivity index (χ3n) is 0.490. The molecular weight excluding hydrogens is 192 g/mol. The SMILES string of the molecule is CCNC.O=S([O-])NS(=O)[O-]. The Labute approximate surface area is 70.6 Å². The van der Waals surface area contributed by atoms with Crippen LogP contribution in [0.5, 0.6) is 0 Å². The van der Waals surface area contributed by atoms with Crippen LogP contribution in [0.4, 0.5) is 0 Å². The van der Waals surface area contributed by atoms with E-state index in [4.69, 9.17) is 0 Å². The fourth-order valence-electron chi connectivity index (χ4n) is 0.0556. The van der Waals surface area contributed by atoms with Gasteiger partial charge in [0.15, 0.2) is 0 Å². The molecule has 2 atom stereocenters. The first kappa shape index (κ1) is 13.7. The first-order valence-corrected chi connectivity index (χ1v) is 4.79. The molecule has 6 nitrogen and oxygen atoms in total. The van der Waals surface area contributed by atoms with Gasteiger partial charge in [0.25, 0.3) is 0 Å². The molecule has 8 heteroatoms. The van der Waals surface area contributed by atoms with Crippen molar-refractivity contribution in [3.63, 3.8) is 0 Å². The Morgan fingerprint density at radius 2 is 1.55 bits per heavy atom. The maximum atomic E-state index is 9.31. The molecule has 0 radical (unpaired) electrons. The summed E-state index contributed by atoms with van der Waals surface area (Å²) in [5.41, 5.74) is 0. The van der Waals surface area contributed by atoms with Crippen molar-refractivity contribution in [3.05, 3.63) is 0 Å². The normalized spacial score (nSPS) is 14.5. The molecule has 0 spiro atoms. The van der Waals surface area contributed by atoms with Gasteiger partial charge < -0.3 is 14.4 Å². The van der Waals surface area contributed by atoms with Crippen LogP contribution in [0, 0.1) is 0 Å². The fourth-order valence-corrected chi connectivity index (χ4v) is 0.500. The quantitative estimate of drug-likeness (QED) is 0.536. The fraction of sp³-hybridized carbons (Fsp3) is 1.00. The van der Waals surface area contributed by atoms with Gasteiger partial charge >= 0.3 is 0 Å². The summed E-state index contributed by atoms with van der Waals surface area (Å²) in [4.78, 5) is 0.